The number of aryl methyl sites for hydroxylation is 1. The van der Waals surface area contributed by atoms with Crippen molar-refractivity contribution in [3.8, 4) is 0 Å². The molecule has 2 amide bonds. The molecule has 10 N–H and O–H groups in total. The molecule has 2 aliphatic rings. The first kappa shape index (κ1) is 36.2. The van der Waals surface area contributed by atoms with Crippen molar-refractivity contribution >= 4 is 23.6 Å². The number of rotatable bonds is 10. The SMILES string of the molecule is CC(=O)N[C@@H](CSCc1c(C)c(=O)n2c(=O)c(C)c(C)n12)C(=O)N[C@@H]1[C@@H](OC2[C@H](O)[C@H](O)C(O)[C@H](O)[C@H]2O)O[C@H](CO)[C@@H](O)[C@H]1O. The average Bonchev–Trinajstić information content (AvgIpc) is 3.39. The fourth-order valence-corrected chi connectivity index (χ4v) is 6.78. The number of hydrogen-bond donors (Lipinski definition) is 10. The van der Waals surface area contributed by atoms with Crippen LogP contribution in [-0.4, -0.2) is 147 Å². The molecule has 2 aromatic heterocycles. The Morgan fingerprint density at radius 1 is 0.870 bits per heavy atom. The van der Waals surface area contributed by atoms with Crippen LogP contribution in [0.1, 0.15) is 29.4 Å². The van der Waals surface area contributed by atoms with Gasteiger partial charge in [-0.25, -0.2) is 0 Å². The third kappa shape index (κ3) is 6.54. The molecule has 258 valence electrons. The molecule has 1 aliphatic heterocycles. The van der Waals surface area contributed by atoms with E-state index >= 15 is 0 Å². The van der Waals surface area contributed by atoms with Crippen LogP contribution >= 0.6 is 11.8 Å². The van der Waals surface area contributed by atoms with E-state index in [2.05, 4.69) is 10.6 Å². The van der Waals surface area contributed by atoms with E-state index in [1.807, 2.05) is 0 Å². The molecule has 0 bridgehead atoms. The van der Waals surface area contributed by atoms with Crippen molar-refractivity contribution in [2.45, 2.75) is 107 Å². The number of hydrogen-bond acceptors (Lipinski definition) is 15. The van der Waals surface area contributed by atoms with E-state index in [-0.39, 0.29) is 11.5 Å². The molecule has 18 nitrogen and oxygen atoms in total. The largest absolute Gasteiger partial charge is 0.394 e. The van der Waals surface area contributed by atoms with Gasteiger partial charge in [-0.1, -0.05) is 0 Å². The molecule has 1 saturated carbocycles. The minimum absolute atomic E-state index is 0.0761. The van der Waals surface area contributed by atoms with Crippen molar-refractivity contribution in [1.29, 1.82) is 0 Å². The van der Waals surface area contributed by atoms with Crippen LogP contribution in [0.2, 0.25) is 0 Å². The maximum Gasteiger partial charge on any atom is 0.277 e. The Kier molecular flexibility index (Phi) is 11.2. The second kappa shape index (κ2) is 14.2. The smallest absolute Gasteiger partial charge is 0.277 e. The molecule has 46 heavy (non-hydrogen) atoms. The van der Waals surface area contributed by atoms with Crippen LogP contribution in [-0.2, 0) is 24.8 Å². The standard InChI is InChI=1S/C27H40N4O14S/c1-8-10(3)30-13(9(2)26(43)31(30)25(8)42)7-46-6-12(28-11(4)33)24(41)29-15-17(35)16(34)14(5-32)44-27(15)45-23-21(39)19(37)18(36)20(38)22(23)40/h12,14-23,27,32,34-40H,5-7H2,1-4H3,(H,28,33)(H,29,41)/t12-,14+,15-,16+,17-,18?,19-,20+,21+,22+,23?,27+/m0/s1. The highest BCUT2D eigenvalue weighted by Gasteiger charge is 2.53. The number of amides is 2. The van der Waals surface area contributed by atoms with Crippen LogP contribution in [0.25, 0.3) is 0 Å². The molecular weight excluding hydrogens is 636 g/mol. The van der Waals surface area contributed by atoms with Gasteiger partial charge in [0.15, 0.2) is 6.29 Å². The Morgan fingerprint density at radius 2 is 1.43 bits per heavy atom. The van der Waals surface area contributed by atoms with Crippen molar-refractivity contribution in [1.82, 2.24) is 19.7 Å². The molecule has 0 aromatic carbocycles. The fraction of sp³-hybridized carbons (Fsp3) is 0.704. The van der Waals surface area contributed by atoms with Crippen LogP contribution in [0.5, 0.6) is 0 Å². The van der Waals surface area contributed by atoms with Gasteiger partial charge in [0, 0.05) is 35.3 Å². The topological polar surface area (TPSA) is 281 Å². The van der Waals surface area contributed by atoms with Crippen molar-refractivity contribution in [2.75, 3.05) is 12.4 Å². The number of ether oxygens (including phenoxy) is 2. The van der Waals surface area contributed by atoms with E-state index in [1.54, 1.807) is 20.8 Å². The number of nitrogens with zero attached hydrogens (tertiary/aromatic N) is 2. The quantitative estimate of drug-likeness (QED) is 0.112. The molecule has 2 unspecified atom stereocenters. The maximum atomic E-state index is 13.5. The third-order valence-electron chi connectivity index (χ3n) is 8.55. The highest BCUT2D eigenvalue weighted by molar-refractivity contribution is 7.98. The molecule has 2 fully saturated rings. The van der Waals surface area contributed by atoms with Crippen molar-refractivity contribution < 1.29 is 59.9 Å². The van der Waals surface area contributed by atoms with Crippen molar-refractivity contribution in [2.24, 2.45) is 0 Å². The summed E-state index contributed by atoms with van der Waals surface area (Å²) in [6.07, 6.45) is -18.5. The van der Waals surface area contributed by atoms with E-state index in [1.165, 1.54) is 4.52 Å². The number of aromatic nitrogens is 2. The van der Waals surface area contributed by atoms with Crippen LogP contribution in [0, 0.1) is 20.8 Å². The molecule has 1 aliphatic carbocycles. The highest BCUT2D eigenvalue weighted by Crippen LogP contribution is 2.29. The molecule has 3 heterocycles. The highest BCUT2D eigenvalue weighted by atomic mass is 32.2. The lowest BCUT2D eigenvalue weighted by Crippen LogP contribution is -2.69. The van der Waals surface area contributed by atoms with Crippen LogP contribution in [0.3, 0.4) is 0 Å². The number of aliphatic hydroxyl groups is 8. The van der Waals surface area contributed by atoms with Crippen LogP contribution in [0.4, 0.5) is 0 Å². The minimum Gasteiger partial charge on any atom is -0.394 e. The van der Waals surface area contributed by atoms with E-state index in [0.717, 1.165) is 23.2 Å². The zero-order valence-corrected chi connectivity index (χ0v) is 26.2. The third-order valence-corrected chi connectivity index (χ3v) is 9.59. The summed E-state index contributed by atoms with van der Waals surface area (Å²) < 4.78 is 13.6. The van der Waals surface area contributed by atoms with E-state index in [4.69, 9.17) is 9.47 Å². The van der Waals surface area contributed by atoms with E-state index in [9.17, 15) is 60.0 Å². The Hall–Kier alpha value is -2.69. The molecule has 2 aromatic rings. The number of carbonyl (C=O) groups excluding carboxylic acids is 2. The Bertz CT molecular complexity index is 1520. The lowest BCUT2D eigenvalue weighted by atomic mass is 9.84. The summed E-state index contributed by atoms with van der Waals surface area (Å²) in [6, 6.07) is -2.91. The summed E-state index contributed by atoms with van der Waals surface area (Å²) in [5.41, 5.74) is 0.901. The van der Waals surface area contributed by atoms with Gasteiger partial charge < -0.3 is 61.0 Å². The van der Waals surface area contributed by atoms with Gasteiger partial charge >= 0.3 is 0 Å². The fourth-order valence-electron chi connectivity index (χ4n) is 5.66. The van der Waals surface area contributed by atoms with Gasteiger partial charge in [-0.3, -0.25) is 23.7 Å². The zero-order chi connectivity index (χ0) is 34.4. The minimum atomic E-state index is -1.97. The normalized spacial score (nSPS) is 34.0. The Labute approximate surface area is 265 Å². The molecule has 1 saturated heterocycles. The Morgan fingerprint density at radius 3 is 2.00 bits per heavy atom. The first-order chi connectivity index (χ1) is 21.5. The number of carbonyl (C=O) groups is 2. The van der Waals surface area contributed by atoms with Gasteiger partial charge in [0.05, 0.1) is 12.3 Å². The second-order valence-corrected chi connectivity index (χ2v) is 12.6. The van der Waals surface area contributed by atoms with E-state index < -0.39 is 103 Å². The van der Waals surface area contributed by atoms with Crippen LogP contribution < -0.4 is 21.8 Å². The van der Waals surface area contributed by atoms with Crippen molar-refractivity contribution in [3.63, 3.8) is 0 Å². The monoisotopic (exact) mass is 676 g/mol. The molecule has 0 spiro atoms. The average molecular weight is 677 g/mol. The molecule has 0 radical (unpaired) electrons. The van der Waals surface area contributed by atoms with Crippen molar-refractivity contribution in [3.05, 3.63) is 43.2 Å². The van der Waals surface area contributed by atoms with Gasteiger partial charge in [-0.05, 0) is 20.8 Å². The Balaban J connectivity index is 1.54. The predicted octanol–water partition coefficient (Wildman–Crippen LogP) is -6.01. The lowest BCUT2D eigenvalue weighted by molar-refractivity contribution is -0.319. The summed E-state index contributed by atoms with van der Waals surface area (Å²) in [4.78, 5) is 50.8. The van der Waals surface area contributed by atoms with Gasteiger partial charge in [0.2, 0.25) is 11.8 Å². The number of thioether (sulfide) groups is 1. The molecule has 4 rings (SSSR count). The first-order valence-electron chi connectivity index (χ1n) is 14.4. The molecule has 19 heteroatoms. The summed E-state index contributed by atoms with van der Waals surface area (Å²) in [5, 5.41) is 86.9. The van der Waals surface area contributed by atoms with Gasteiger partial charge in [0.25, 0.3) is 11.1 Å². The first-order valence-corrected chi connectivity index (χ1v) is 15.6. The van der Waals surface area contributed by atoms with Gasteiger partial charge in [-0.15, -0.1) is 0 Å². The number of nitrogens with one attached hydrogen (secondary N) is 2. The van der Waals surface area contributed by atoms with Gasteiger partial charge in [0.1, 0.15) is 67.0 Å². The summed E-state index contributed by atoms with van der Waals surface area (Å²) >= 11 is 1.15. The summed E-state index contributed by atoms with van der Waals surface area (Å²) in [7, 11) is 0. The molecular formula is C27H40N4O14S. The summed E-state index contributed by atoms with van der Waals surface area (Å²) in [5.74, 6) is -1.41. The lowest BCUT2D eigenvalue weighted by Gasteiger charge is -2.47. The second-order valence-electron chi connectivity index (χ2n) is 11.6. The zero-order valence-electron chi connectivity index (χ0n) is 25.4. The van der Waals surface area contributed by atoms with E-state index in [0.29, 0.717) is 22.5 Å². The molecule has 12 atom stereocenters. The summed E-state index contributed by atoms with van der Waals surface area (Å²) in [6.45, 7) is 5.20. The number of fused-ring (bicyclic) bond motifs is 1. The predicted molar refractivity (Wildman–Crippen MR) is 157 cm³/mol. The number of aliphatic hydroxyl groups excluding tert-OH is 8. The van der Waals surface area contributed by atoms with Gasteiger partial charge in [-0.2, -0.15) is 16.3 Å². The van der Waals surface area contributed by atoms with Crippen LogP contribution in [0.15, 0.2) is 9.59 Å². The maximum absolute atomic E-state index is 13.5.